The van der Waals surface area contributed by atoms with Crippen LogP contribution >= 0.6 is 0 Å². The number of nitrogens with zero attached hydrogens (tertiary/aromatic N) is 1. The molecule has 18 heavy (non-hydrogen) atoms. The monoisotopic (exact) mass is 244 g/mol. The number of nitrogens with one attached hydrogen (secondary N) is 1. The summed E-state index contributed by atoms with van der Waals surface area (Å²) < 4.78 is 0. The molecule has 1 N–H and O–H groups in total. The van der Waals surface area contributed by atoms with Gasteiger partial charge in [0.25, 0.3) is 0 Å². The van der Waals surface area contributed by atoms with Crippen LogP contribution in [0.1, 0.15) is 55.7 Å². The Bertz CT molecular complexity index is 402. The highest BCUT2D eigenvalue weighted by Gasteiger charge is 2.35. The minimum Gasteiger partial charge on any atom is -0.317 e. The molecule has 0 aliphatic heterocycles. The van der Waals surface area contributed by atoms with Crippen LogP contribution in [0.15, 0.2) is 18.3 Å². The van der Waals surface area contributed by atoms with Crippen molar-refractivity contribution < 1.29 is 0 Å². The van der Waals surface area contributed by atoms with Crippen molar-refractivity contribution in [1.82, 2.24) is 10.3 Å². The van der Waals surface area contributed by atoms with Crippen molar-refractivity contribution in [3.05, 3.63) is 29.6 Å². The van der Waals surface area contributed by atoms with Gasteiger partial charge in [0, 0.05) is 23.9 Å². The van der Waals surface area contributed by atoms with Gasteiger partial charge in [-0.05, 0) is 50.3 Å². The van der Waals surface area contributed by atoms with Crippen molar-refractivity contribution in [2.45, 2.75) is 56.9 Å². The second-order valence-corrected chi connectivity index (χ2v) is 5.89. The quantitative estimate of drug-likeness (QED) is 0.808. The number of hydrogen-bond acceptors (Lipinski definition) is 2. The summed E-state index contributed by atoms with van der Waals surface area (Å²) in [6.07, 6.45) is 11.5. The van der Waals surface area contributed by atoms with Crippen LogP contribution in [-0.2, 0) is 6.42 Å². The molecule has 0 radical (unpaired) electrons. The van der Waals surface area contributed by atoms with E-state index in [0.717, 1.165) is 5.92 Å². The van der Waals surface area contributed by atoms with E-state index >= 15 is 0 Å². The summed E-state index contributed by atoms with van der Waals surface area (Å²) >= 11 is 0. The molecule has 2 aliphatic rings. The Morgan fingerprint density at radius 2 is 2.06 bits per heavy atom. The maximum Gasteiger partial charge on any atom is 0.0469 e. The van der Waals surface area contributed by atoms with Crippen LogP contribution in [0.4, 0.5) is 0 Å². The first kappa shape index (κ1) is 12.2. The lowest BCUT2D eigenvalue weighted by Gasteiger charge is -2.30. The van der Waals surface area contributed by atoms with Crippen LogP contribution in [0.5, 0.6) is 0 Å². The Kier molecular flexibility index (Phi) is 3.64. The lowest BCUT2D eigenvalue weighted by Crippen LogP contribution is -2.35. The van der Waals surface area contributed by atoms with E-state index in [1.54, 1.807) is 0 Å². The molecule has 1 aromatic heterocycles. The highest BCUT2D eigenvalue weighted by Crippen LogP contribution is 2.42. The van der Waals surface area contributed by atoms with Gasteiger partial charge in [0.1, 0.15) is 0 Å². The van der Waals surface area contributed by atoms with Crippen molar-refractivity contribution in [3.63, 3.8) is 0 Å². The van der Waals surface area contributed by atoms with Gasteiger partial charge in [0.05, 0.1) is 0 Å². The first-order chi connectivity index (χ1) is 8.90. The predicted octanol–water partition coefficient (Wildman–Crippen LogP) is 3.28. The van der Waals surface area contributed by atoms with Crippen LogP contribution < -0.4 is 5.32 Å². The summed E-state index contributed by atoms with van der Waals surface area (Å²) in [6, 6.07) is 5.06. The third-order valence-corrected chi connectivity index (χ3v) is 4.96. The van der Waals surface area contributed by atoms with Crippen LogP contribution in [0, 0.1) is 5.92 Å². The molecule has 0 bridgehead atoms. The fraction of sp³-hybridized carbons (Fsp3) is 0.688. The Morgan fingerprint density at radius 1 is 1.17 bits per heavy atom. The summed E-state index contributed by atoms with van der Waals surface area (Å²) in [7, 11) is 2.14. The van der Waals surface area contributed by atoms with Gasteiger partial charge in [0.2, 0.25) is 0 Å². The molecule has 1 saturated carbocycles. The third kappa shape index (κ3) is 2.18. The van der Waals surface area contributed by atoms with E-state index in [2.05, 4.69) is 29.5 Å². The number of aromatic nitrogens is 1. The molecule has 1 fully saturated rings. The van der Waals surface area contributed by atoms with E-state index in [1.165, 1.54) is 56.2 Å². The standard InChI is InChI=1S/C16H24N2/c1-17-15-8-4-2-3-7-13(15)14-10-9-12-6-5-11-18-16(12)14/h5-6,11,13-15,17H,2-4,7-10H2,1H3. The van der Waals surface area contributed by atoms with Gasteiger partial charge < -0.3 is 5.32 Å². The first-order valence-electron chi connectivity index (χ1n) is 7.51. The fourth-order valence-corrected chi connectivity index (χ4v) is 4.04. The molecule has 2 aliphatic carbocycles. The molecule has 3 rings (SSSR count). The van der Waals surface area contributed by atoms with Crippen LogP contribution in [0.2, 0.25) is 0 Å². The average molecular weight is 244 g/mol. The van der Waals surface area contributed by atoms with E-state index in [4.69, 9.17) is 0 Å². The van der Waals surface area contributed by atoms with Crippen molar-refractivity contribution >= 4 is 0 Å². The van der Waals surface area contributed by atoms with E-state index in [1.807, 2.05) is 6.20 Å². The van der Waals surface area contributed by atoms with Gasteiger partial charge in [-0.15, -0.1) is 0 Å². The summed E-state index contributed by atoms with van der Waals surface area (Å²) in [5, 5.41) is 3.57. The van der Waals surface area contributed by atoms with Gasteiger partial charge in [-0.2, -0.15) is 0 Å². The van der Waals surface area contributed by atoms with Crippen LogP contribution in [0.25, 0.3) is 0 Å². The molecule has 0 saturated heterocycles. The number of pyridine rings is 1. The molecule has 0 aromatic carbocycles. The molecular weight excluding hydrogens is 220 g/mol. The highest BCUT2D eigenvalue weighted by atomic mass is 14.9. The molecule has 3 atom stereocenters. The summed E-state index contributed by atoms with van der Waals surface area (Å²) in [5.74, 6) is 1.50. The van der Waals surface area contributed by atoms with E-state index in [9.17, 15) is 0 Å². The Balaban J connectivity index is 1.85. The van der Waals surface area contributed by atoms with Crippen molar-refractivity contribution in [1.29, 1.82) is 0 Å². The zero-order valence-corrected chi connectivity index (χ0v) is 11.4. The van der Waals surface area contributed by atoms with Gasteiger partial charge in [-0.3, -0.25) is 4.98 Å². The minimum absolute atomic E-state index is 0.699. The molecule has 1 heterocycles. The lowest BCUT2D eigenvalue weighted by molar-refractivity contribution is 0.293. The Hall–Kier alpha value is -0.890. The number of hydrogen-bond donors (Lipinski definition) is 1. The maximum atomic E-state index is 4.69. The van der Waals surface area contributed by atoms with Gasteiger partial charge in [0.15, 0.2) is 0 Å². The number of aryl methyl sites for hydroxylation is 1. The van der Waals surface area contributed by atoms with Crippen LogP contribution in [0.3, 0.4) is 0 Å². The molecule has 2 nitrogen and oxygen atoms in total. The van der Waals surface area contributed by atoms with E-state index < -0.39 is 0 Å². The fourth-order valence-electron chi connectivity index (χ4n) is 4.04. The van der Waals surface area contributed by atoms with Crippen molar-refractivity contribution in [3.8, 4) is 0 Å². The molecule has 98 valence electrons. The summed E-state index contributed by atoms with van der Waals surface area (Å²) in [6.45, 7) is 0. The number of rotatable bonds is 2. The molecular formula is C16H24N2. The largest absolute Gasteiger partial charge is 0.317 e. The Morgan fingerprint density at radius 3 is 2.94 bits per heavy atom. The normalized spacial score (nSPS) is 31.9. The van der Waals surface area contributed by atoms with Crippen molar-refractivity contribution in [2.24, 2.45) is 5.92 Å². The van der Waals surface area contributed by atoms with Crippen molar-refractivity contribution in [2.75, 3.05) is 7.05 Å². The molecule has 0 amide bonds. The first-order valence-corrected chi connectivity index (χ1v) is 7.51. The highest BCUT2D eigenvalue weighted by molar-refractivity contribution is 5.29. The lowest BCUT2D eigenvalue weighted by atomic mass is 9.81. The summed E-state index contributed by atoms with van der Waals surface area (Å²) in [5.41, 5.74) is 2.91. The number of fused-ring (bicyclic) bond motifs is 1. The average Bonchev–Trinajstić information content (AvgIpc) is 2.69. The molecule has 2 heteroatoms. The minimum atomic E-state index is 0.699. The van der Waals surface area contributed by atoms with Gasteiger partial charge >= 0.3 is 0 Å². The molecule has 0 spiro atoms. The zero-order valence-electron chi connectivity index (χ0n) is 11.4. The SMILES string of the molecule is CNC1CCCCCC1C1CCc2cccnc21. The Labute approximate surface area is 110 Å². The topological polar surface area (TPSA) is 24.9 Å². The maximum absolute atomic E-state index is 4.69. The predicted molar refractivity (Wildman–Crippen MR) is 74.7 cm³/mol. The smallest absolute Gasteiger partial charge is 0.0469 e. The third-order valence-electron chi connectivity index (χ3n) is 4.96. The molecule has 3 unspecified atom stereocenters. The summed E-state index contributed by atoms with van der Waals surface area (Å²) in [4.78, 5) is 4.69. The van der Waals surface area contributed by atoms with E-state index in [-0.39, 0.29) is 0 Å². The second kappa shape index (κ2) is 5.40. The second-order valence-electron chi connectivity index (χ2n) is 5.89. The molecule has 1 aromatic rings. The van der Waals surface area contributed by atoms with E-state index in [0.29, 0.717) is 12.0 Å². The van der Waals surface area contributed by atoms with Gasteiger partial charge in [-0.1, -0.05) is 25.3 Å². The van der Waals surface area contributed by atoms with Gasteiger partial charge in [-0.25, -0.2) is 0 Å². The zero-order chi connectivity index (χ0) is 12.4. The van der Waals surface area contributed by atoms with Crippen LogP contribution in [-0.4, -0.2) is 18.1 Å².